The number of hydrogen-bond acceptors (Lipinski definition) is 2. The first-order valence-electron chi connectivity index (χ1n) is 6.81. The lowest BCUT2D eigenvalue weighted by atomic mass is 10.00. The number of carbonyl (C=O) groups is 2. The van der Waals surface area contributed by atoms with Crippen molar-refractivity contribution < 1.29 is 14.7 Å². The molecule has 0 aliphatic carbocycles. The van der Waals surface area contributed by atoms with E-state index in [1.54, 1.807) is 6.92 Å². The van der Waals surface area contributed by atoms with E-state index < -0.39 is 11.5 Å². The molecule has 0 saturated carbocycles. The minimum atomic E-state index is -1.03. The number of carboxylic acid groups (broad SMARTS) is 1. The number of nitrogens with zero attached hydrogens (tertiary/aromatic N) is 1. The molecule has 0 aromatic heterocycles. The molecule has 0 radical (unpaired) electrons. The maximum absolute atomic E-state index is 11.9. The van der Waals surface area contributed by atoms with Gasteiger partial charge in [-0.25, -0.2) is 9.59 Å². The highest BCUT2D eigenvalue weighted by atomic mass is 16.4. The second kappa shape index (κ2) is 6.61. The normalized spacial score (nSPS) is 23.1. The van der Waals surface area contributed by atoms with Gasteiger partial charge in [-0.1, -0.05) is 26.2 Å². The number of nitrogens with one attached hydrogen (secondary N) is 1. The average Bonchev–Trinajstić information content (AvgIpc) is 2.72. The molecule has 5 heteroatoms. The lowest BCUT2D eigenvalue weighted by Crippen LogP contribution is -2.54. The highest BCUT2D eigenvalue weighted by Crippen LogP contribution is 2.29. The van der Waals surface area contributed by atoms with Crippen molar-refractivity contribution in [3.8, 4) is 0 Å². The van der Waals surface area contributed by atoms with E-state index in [0.29, 0.717) is 19.5 Å². The maximum atomic E-state index is 11.9. The zero-order chi connectivity index (χ0) is 13.6. The Bertz CT molecular complexity index is 307. The van der Waals surface area contributed by atoms with Crippen LogP contribution in [0.3, 0.4) is 0 Å². The maximum Gasteiger partial charge on any atom is 0.329 e. The first kappa shape index (κ1) is 14.8. The van der Waals surface area contributed by atoms with E-state index in [0.717, 1.165) is 25.7 Å². The summed E-state index contributed by atoms with van der Waals surface area (Å²) in [4.78, 5) is 24.6. The molecule has 1 atom stereocenters. The highest BCUT2D eigenvalue weighted by molar-refractivity contribution is 5.86. The minimum absolute atomic E-state index is 0.242. The zero-order valence-electron chi connectivity index (χ0n) is 11.4. The van der Waals surface area contributed by atoms with Gasteiger partial charge in [-0.15, -0.1) is 0 Å². The van der Waals surface area contributed by atoms with Gasteiger partial charge >= 0.3 is 12.0 Å². The van der Waals surface area contributed by atoms with Gasteiger partial charge in [0, 0.05) is 13.1 Å². The van der Waals surface area contributed by atoms with Crippen molar-refractivity contribution >= 4 is 12.0 Å². The van der Waals surface area contributed by atoms with Crippen LogP contribution in [0.1, 0.15) is 52.4 Å². The monoisotopic (exact) mass is 256 g/mol. The predicted octanol–water partition coefficient (Wildman–Crippen LogP) is 2.22. The molecule has 104 valence electrons. The van der Waals surface area contributed by atoms with Crippen LogP contribution in [0.2, 0.25) is 0 Å². The first-order valence-corrected chi connectivity index (χ1v) is 6.81. The Labute approximate surface area is 109 Å². The van der Waals surface area contributed by atoms with Gasteiger partial charge in [0.2, 0.25) is 0 Å². The van der Waals surface area contributed by atoms with E-state index in [4.69, 9.17) is 0 Å². The minimum Gasteiger partial charge on any atom is -0.480 e. The molecule has 2 amide bonds. The molecule has 5 nitrogen and oxygen atoms in total. The van der Waals surface area contributed by atoms with Crippen molar-refractivity contribution in [1.82, 2.24) is 10.2 Å². The van der Waals surface area contributed by atoms with E-state index in [2.05, 4.69) is 12.2 Å². The van der Waals surface area contributed by atoms with E-state index >= 15 is 0 Å². The third-order valence-corrected chi connectivity index (χ3v) is 3.65. The van der Waals surface area contributed by atoms with Crippen LogP contribution in [-0.2, 0) is 4.79 Å². The van der Waals surface area contributed by atoms with Crippen molar-refractivity contribution in [3.05, 3.63) is 0 Å². The van der Waals surface area contributed by atoms with Crippen LogP contribution in [0.15, 0.2) is 0 Å². The van der Waals surface area contributed by atoms with E-state index in [9.17, 15) is 14.7 Å². The van der Waals surface area contributed by atoms with E-state index in [1.165, 1.54) is 11.3 Å². The van der Waals surface area contributed by atoms with Gasteiger partial charge in [-0.05, 0) is 26.2 Å². The average molecular weight is 256 g/mol. The molecule has 1 rings (SSSR count). The zero-order valence-corrected chi connectivity index (χ0v) is 11.4. The van der Waals surface area contributed by atoms with Crippen molar-refractivity contribution in [2.75, 3.05) is 13.1 Å². The second-order valence-corrected chi connectivity index (χ2v) is 5.13. The number of unbranched alkanes of at least 4 members (excludes halogenated alkanes) is 3. The summed E-state index contributed by atoms with van der Waals surface area (Å²) < 4.78 is 0. The van der Waals surface area contributed by atoms with Gasteiger partial charge in [-0.2, -0.15) is 0 Å². The van der Waals surface area contributed by atoms with Crippen molar-refractivity contribution in [2.24, 2.45) is 0 Å². The summed E-state index contributed by atoms with van der Waals surface area (Å²) in [5.74, 6) is -0.916. The smallest absolute Gasteiger partial charge is 0.329 e. The fourth-order valence-electron chi connectivity index (χ4n) is 2.35. The Kier molecular flexibility index (Phi) is 5.44. The third-order valence-electron chi connectivity index (χ3n) is 3.65. The standard InChI is InChI=1S/C13H24N2O3/c1-3-4-5-6-9-14-12(18)15-10-7-8-13(15,2)11(16)17/h3-10H2,1-2H3,(H,14,18)(H,16,17). The molecule has 1 heterocycles. The van der Waals surface area contributed by atoms with Gasteiger partial charge in [0.25, 0.3) is 0 Å². The summed E-state index contributed by atoms with van der Waals surface area (Å²) in [7, 11) is 0. The number of amides is 2. The molecule has 1 fully saturated rings. The number of carboxylic acids is 1. The third kappa shape index (κ3) is 3.37. The largest absolute Gasteiger partial charge is 0.480 e. The molecule has 0 aromatic carbocycles. The molecular formula is C13H24N2O3. The van der Waals surface area contributed by atoms with Crippen molar-refractivity contribution in [3.63, 3.8) is 0 Å². The molecule has 1 saturated heterocycles. The topological polar surface area (TPSA) is 69.6 Å². The van der Waals surface area contributed by atoms with Crippen LogP contribution in [0.4, 0.5) is 4.79 Å². The predicted molar refractivity (Wildman–Crippen MR) is 69.5 cm³/mol. The van der Waals surface area contributed by atoms with Crippen LogP contribution in [0, 0.1) is 0 Å². The fourth-order valence-corrected chi connectivity index (χ4v) is 2.35. The lowest BCUT2D eigenvalue weighted by Gasteiger charge is -2.31. The molecule has 1 aliphatic heterocycles. The fraction of sp³-hybridized carbons (Fsp3) is 0.846. The molecule has 18 heavy (non-hydrogen) atoms. The summed E-state index contributed by atoms with van der Waals surface area (Å²) in [5, 5.41) is 12.0. The van der Waals surface area contributed by atoms with E-state index in [1.807, 2.05) is 0 Å². The molecule has 0 bridgehead atoms. The summed E-state index contributed by atoms with van der Waals surface area (Å²) in [6, 6.07) is -0.242. The van der Waals surface area contributed by atoms with Crippen molar-refractivity contribution in [1.29, 1.82) is 0 Å². The number of likely N-dealkylation sites (tertiary alicyclic amines) is 1. The van der Waals surface area contributed by atoms with Gasteiger partial charge in [0.05, 0.1) is 0 Å². The van der Waals surface area contributed by atoms with Crippen LogP contribution in [0.5, 0.6) is 0 Å². The molecular weight excluding hydrogens is 232 g/mol. The van der Waals surface area contributed by atoms with Crippen LogP contribution < -0.4 is 5.32 Å². The number of rotatable bonds is 6. The second-order valence-electron chi connectivity index (χ2n) is 5.13. The Morgan fingerprint density at radius 1 is 1.33 bits per heavy atom. The Balaban J connectivity index is 2.39. The Morgan fingerprint density at radius 3 is 2.67 bits per heavy atom. The molecule has 2 N–H and O–H groups in total. The van der Waals surface area contributed by atoms with Crippen LogP contribution in [-0.4, -0.2) is 40.6 Å². The molecule has 1 aliphatic rings. The van der Waals surface area contributed by atoms with Gasteiger partial charge in [0.1, 0.15) is 5.54 Å². The van der Waals surface area contributed by atoms with Crippen molar-refractivity contribution in [2.45, 2.75) is 57.9 Å². The Morgan fingerprint density at radius 2 is 2.06 bits per heavy atom. The quantitative estimate of drug-likeness (QED) is 0.716. The Hall–Kier alpha value is -1.26. The number of urea groups is 1. The van der Waals surface area contributed by atoms with Crippen LogP contribution in [0.25, 0.3) is 0 Å². The molecule has 0 spiro atoms. The molecule has 1 unspecified atom stereocenters. The van der Waals surface area contributed by atoms with Crippen LogP contribution >= 0.6 is 0 Å². The summed E-state index contributed by atoms with van der Waals surface area (Å²) in [5.41, 5.74) is -1.03. The van der Waals surface area contributed by atoms with Gasteiger partial charge in [0.15, 0.2) is 0 Å². The summed E-state index contributed by atoms with van der Waals surface area (Å²) >= 11 is 0. The summed E-state index contributed by atoms with van der Waals surface area (Å²) in [6.07, 6.45) is 5.69. The van der Waals surface area contributed by atoms with Gasteiger partial charge < -0.3 is 15.3 Å². The first-order chi connectivity index (χ1) is 8.52. The van der Waals surface area contributed by atoms with Gasteiger partial charge in [-0.3, -0.25) is 0 Å². The highest BCUT2D eigenvalue weighted by Gasteiger charge is 2.45. The van der Waals surface area contributed by atoms with E-state index in [-0.39, 0.29) is 6.03 Å². The molecule has 0 aromatic rings. The lowest BCUT2D eigenvalue weighted by molar-refractivity contribution is -0.147. The SMILES string of the molecule is CCCCCCNC(=O)N1CCCC1(C)C(=O)O. The summed E-state index contributed by atoms with van der Waals surface area (Å²) in [6.45, 7) is 4.93. The number of hydrogen-bond donors (Lipinski definition) is 2. The number of carbonyl (C=O) groups excluding carboxylic acids is 1. The number of aliphatic carboxylic acids is 1.